The molecule has 0 aliphatic carbocycles. The van der Waals surface area contributed by atoms with Crippen LogP contribution in [0.3, 0.4) is 0 Å². The second-order valence-electron chi connectivity index (χ2n) is 3.74. The van der Waals surface area contributed by atoms with Crippen molar-refractivity contribution >= 4 is 27.5 Å². The van der Waals surface area contributed by atoms with Crippen LogP contribution in [0.2, 0.25) is 0 Å². The van der Waals surface area contributed by atoms with Gasteiger partial charge in [0.15, 0.2) is 0 Å². The van der Waals surface area contributed by atoms with Gasteiger partial charge in [-0.3, -0.25) is 4.79 Å². The van der Waals surface area contributed by atoms with Crippen molar-refractivity contribution in [3.8, 4) is 0 Å². The number of carbonyl (C=O) groups is 1. The molecular weight excluding hydrogens is 334 g/mol. The molecule has 0 saturated heterocycles. The van der Waals surface area contributed by atoms with Crippen molar-refractivity contribution in [2.75, 3.05) is 18.5 Å². The SMILES string of the molecule is Cc1cc(F)c(Br)cc1NC(=O)COCC(F)(F)F. The summed E-state index contributed by atoms with van der Waals surface area (Å²) in [5, 5.41) is 2.34. The summed E-state index contributed by atoms with van der Waals surface area (Å²) in [6.45, 7) is -0.665. The summed E-state index contributed by atoms with van der Waals surface area (Å²) >= 11 is 2.94. The van der Waals surface area contributed by atoms with Gasteiger partial charge in [0.25, 0.3) is 0 Å². The topological polar surface area (TPSA) is 38.3 Å². The summed E-state index contributed by atoms with van der Waals surface area (Å²) in [4.78, 5) is 11.3. The molecule has 3 nitrogen and oxygen atoms in total. The Hall–Kier alpha value is -1.15. The molecule has 1 rings (SSSR count). The van der Waals surface area contributed by atoms with Gasteiger partial charge in [0.2, 0.25) is 5.91 Å². The van der Waals surface area contributed by atoms with E-state index < -0.39 is 31.1 Å². The van der Waals surface area contributed by atoms with Crippen molar-refractivity contribution < 1.29 is 27.1 Å². The minimum Gasteiger partial charge on any atom is -0.362 e. The molecule has 1 N–H and O–H groups in total. The Morgan fingerprint density at radius 2 is 2.05 bits per heavy atom. The van der Waals surface area contributed by atoms with Gasteiger partial charge in [-0.05, 0) is 40.5 Å². The fourth-order valence-corrected chi connectivity index (χ4v) is 1.57. The van der Waals surface area contributed by atoms with E-state index in [0.29, 0.717) is 11.3 Å². The second kappa shape index (κ2) is 6.33. The van der Waals surface area contributed by atoms with Gasteiger partial charge >= 0.3 is 6.18 Å². The summed E-state index contributed by atoms with van der Waals surface area (Å²) < 4.78 is 52.8. The first kappa shape index (κ1) is 15.9. The van der Waals surface area contributed by atoms with Gasteiger partial charge in [-0.2, -0.15) is 13.2 Å². The Balaban J connectivity index is 2.56. The van der Waals surface area contributed by atoms with Crippen molar-refractivity contribution in [1.82, 2.24) is 0 Å². The van der Waals surface area contributed by atoms with Crippen LogP contribution < -0.4 is 5.32 Å². The van der Waals surface area contributed by atoms with E-state index in [1.165, 1.54) is 12.1 Å². The first-order chi connectivity index (χ1) is 8.69. The molecule has 0 heterocycles. The van der Waals surface area contributed by atoms with Crippen LogP contribution >= 0.6 is 15.9 Å². The standard InChI is InChI=1S/C11H10BrF4NO2/c1-6-2-8(13)7(12)3-9(6)17-10(18)4-19-5-11(14,15)16/h2-3H,4-5H2,1H3,(H,17,18). The summed E-state index contributed by atoms with van der Waals surface area (Å²) in [6, 6.07) is 2.52. The quantitative estimate of drug-likeness (QED) is 0.851. The minimum atomic E-state index is -4.48. The van der Waals surface area contributed by atoms with Crippen LogP contribution in [0.5, 0.6) is 0 Å². The fourth-order valence-electron chi connectivity index (χ4n) is 1.23. The molecule has 0 unspecified atom stereocenters. The van der Waals surface area contributed by atoms with Crippen LogP contribution in [-0.2, 0) is 9.53 Å². The lowest BCUT2D eigenvalue weighted by molar-refractivity contribution is -0.174. The fraction of sp³-hybridized carbons (Fsp3) is 0.364. The van der Waals surface area contributed by atoms with Crippen LogP contribution in [0.4, 0.5) is 23.2 Å². The summed E-state index contributed by atoms with van der Waals surface area (Å²) in [6.07, 6.45) is -4.48. The number of hydrogen-bond acceptors (Lipinski definition) is 2. The van der Waals surface area contributed by atoms with Gasteiger partial charge < -0.3 is 10.1 Å². The van der Waals surface area contributed by atoms with Gasteiger partial charge in [0.1, 0.15) is 19.0 Å². The number of aryl methyl sites for hydroxylation is 1. The molecule has 0 bridgehead atoms. The van der Waals surface area contributed by atoms with E-state index in [1.54, 1.807) is 6.92 Å². The van der Waals surface area contributed by atoms with E-state index in [4.69, 9.17) is 0 Å². The third-order valence-corrected chi connectivity index (χ3v) is 2.65. The zero-order chi connectivity index (χ0) is 14.6. The van der Waals surface area contributed by atoms with Crippen LogP contribution in [0.25, 0.3) is 0 Å². The molecule has 0 aliphatic rings. The maximum Gasteiger partial charge on any atom is 0.411 e. The summed E-state index contributed by atoms with van der Waals surface area (Å²) in [5.41, 5.74) is 0.749. The number of halogens is 5. The highest BCUT2D eigenvalue weighted by Crippen LogP contribution is 2.24. The summed E-state index contributed by atoms with van der Waals surface area (Å²) in [5.74, 6) is -1.24. The molecule has 1 aromatic rings. The predicted octanol–water partition coefficient (Wildman–Crippen LogP) is 3.41. The predicted molar refractivity (Wildman–Crippen MR) is 64.3 cm³/mol. The average Bonchev–Trinajstić information content (AvgIpc) is 2.24. The molecule has 8 heteroatoms. The number of alkyl halides is 3. The average molecular weight is 344 g/mol. The van der Waals surface area contributed by atoms with E-state index in [0.717, 1.165) is 0 Å². The highest BCUT2D eigenvalue weighted by Gasteiger charge is 2.27. The lowest BCUT2D eigenvalue weighted by atomic mass is 10.2. The number of carbonyl (C=O) groups excluding carboxylic acids is 1. The zero-order valence-electron chi connectivity index (χ0n) is 9.78. The van der Waals surface area contributed by atoms with E-state index >= 15 is 0 Å². The van der Waals surface area contributed by atoms with Gasteiger partial charge in [0.05, 0.1) is 4.47 Å². The lowest BCUT2D eigenvalue weighted by Crippen LogP contribution is -2.24. The Kier molecular flexibility index (Phi) is 5.30. The number of benzene rings is 1. The van der Waals surface area contributed by atoms with Crippen molar-refractivity contribution in [1.29, 1.82) is 0 Å². The van der Waals surface area contributed by atoms with Crippen molar-refractivity contribution in [2.45, 2.75) is 13.1 Å². The van der Waals surface area contributed by atoms with E-state index in [-0.39, 0.29) is 4.47 Å². The number of hydrogen-bond donors (Lipinski definition) is 1. The Bertz CT molecular complexity index is 476. The third kappa shape index (κ3) is 5.56. The molecule has 1 amide bonds. The van der Waals surface area contributed by atoms with Crippen LogP contribution in [0.15, 0.2) is 16.6 Å². The maximum atomic E-state index is 13.1. The number of amides is 1. The molecular formula is C11H10BrF4NO2. The number of anilines is 1. The second-order valence-corrected chi connectivity index (χ2v) is 4.59. The van der Waals surface area contributed by atoms with E-state index in [9.17, 15) is 22.4 Å². The Morgan fingerprint density at radius 1 is 1.42 bits per heavy atom. The summed E-state index contributed by atoms with van der Waals surface area (Å²) in [7, 11) is 0. The Labute approximate surface area is 115 Å². The smallest absolute Gasteiger partial charge is 0.362 e. The first-order valence-electron chi connectivity index (χ1n) is 5.09. The van der Waals surface area contributed by atoms with Crippen LogP contribution in [-0.4, -0.2) is 25.3 Å². The van der Waals surface area contributed by atoms with Gasteiger partial charge in [-0.15, -0.1) is 0 Å². The normalized spacial score (nSPS) is 11.5. The first-order valence-corrected chi connectivity index (χ1v) is 5.88. The molecule has 19 heavy (non-hydrogen) atoms. The van der Waals surface area contributed by atoms with Gasteiger partial charge in [-0.1, -0.05) is 0 Å². The minimum absolute atomic E-state index is 0.143. The number of ether oxygens (including phenoxy) is 1. The van der Waals surface area contributed by atoms with Crippen molar-refractivity contribution in [3.05, 3.63) is 28.0 Å². The molecule has 0 radical (unpaired) electrons. The molecule has 1 aromatic carbocycles. The molecule has 0 saturated carbocycles. The highest BCUT2D eigenvalue weighted by molar-refractivity contribution is 9.10. The molecule has 0 aromatic heterocycles. The molecule has 0 aliphatic heterocycles. The number of nitrogens with one attached hydrogen (secondary N) is 1. The van der Waals surface area contributed by atoms with Crippen molar-refractivity contribution in [3.63, 3.8) is 0 Å². The maximum absolute atomic E-state index is 13.1. The molecule has 0 spiro atoms. The van der Waals surface area contributed by atoms with Crippen LogP contribution in [0.1, 0.15) is 5.56 Å². The van der Waals surface area contributed by atoms with Crippen molar-refractivity contribution in [2.24, 2.45) is 0 Å². The molecule has 106 valence electrons. The lowest BCUT2D eigenvalue weighted by Gasteiger charge is -2.10. The van der Waals surface area contributed by atoms with Gasteiger partial charge in [-0.25, -0.2) is 4.39 Å². The van der Waals surface area contributed by atoms with Crippen LogP contribution in [0, 0.1) is 12.7 Å². The van der Waals surface area contributed by atoms with E-state index in [2.05, 4.69) is 26.0 Å². The third-order valence-electron chi connectivity index (χ3n) is 2.04. The Morgan fingerprint density at radius 3 is 2.63 bits per heavy atom. The number of rotatable bonds is 4. The molecule has 0 fully saturated rings. The largest absolute Gasteiger partial charge is 0.411 e. The zero-order valence-corrected chi connectivity index (χ0v) is 11.4. The molecule has 0 atom stereocenters. The monoisotopic (exact) mass is 343 g/mol. The van der Waals surface area contributed by atoms with E-state index in [1.807, 2.05) is 0 Å². The van der Waals surface area contributed by atoms with Gasteiger partial charge in [0, 0.05) is 5.69 Å². The highest BCUT2D eigenvalue weighted by atomic mass is 79.9.